The van der Waals surface area contributed by atoms with Crippen molar-refractivity contribution >= 4 is 33.3 Å². The molecule has 0 rings (SSSR count). The van der Waals surface area contributed by atoms with Crippen LogP contribution in [0.25, 0.3) is 0 Å². The molecule has 0 aliphatic rings. The topological polar surface area (TPSA) is 0 Å². The zero-order valence-electron chi connectivity index (χ0n) is 1.68. The smallest absolute Gasteiger partial charge is 0 e. The predicted octanol–water partition coefficient (Wildman–Crippen LogP) is -0.273. The molecule has 0 unspecified atom stereocenters. The number of rotatable bonds is 0. The van der Waals surface area contributed by atoms with Crippen LogP contribution in [0.3, 0.4) is 0 Å². The van der Waals surface area contributed by atoms with Gasteiger partial charge in [-0.15, -0.1) is 0 Å². The van der Waals surface area contributed by atoms with Crippen molar-refractivity contribution in [2.45, 2.75) is 0 Å². The fourth-order valence-electron chi connectivity index (χ4n) is 0. The van der Waals surface area contributed by atoms with E-state index in [1.165, 1.54) is 0 Å². The molecule has 33 valence electrons. The Hall–Kier alpha value is 2.25. The molecule has 0 aromatic heterocycles. The van der Waals surface area contributed by atoms with Gasteiger partial charge in [0.15, 0.2) is 0 Å². The van der Waals surface area contributed by atoms with Crippen LogP contribution in [-0.2, 0) is 39.4 Å². The third kappa shape index (κ3) is 8.87. The molecule has 0 nitrogen and oxygen atoms in total. The van der Waals surface area contributed by atoms with Gasteiger partial charge in [0.25, 0.3) is 0 Å². The molecule has 0 heterocycles. The van der Waals surface area contributed by atoms with Gasteiger partial charge in [-0.1, -0.05) is 0 Å². The van der Waals surface area contributed by atoms with Crippen LogP contribution in [-0.4, -0.2) is 19.8 Å². The van der Waals surface area contributed by atoms with Crippen LogP contribution >= 0.6 is 13.5 Å². The third-order valence-electron chi connectivity index (χ3n) is 0. The van der Waals surface area contributed by atoms with E-state index in [0.29, 0.717) is 0 Å². The Balaban J connectivity index is 0. The molecule has 0 aromatic carbocycles. The molecule has 0 saturated carbocycles. The molecule has 0 fully saturated rings. The van der Waals surface area contributed by atoms with Crippen LogP contribution in [0.5, 0.6) is 0 Å². The molecule has 0 bridgehead atoms. The minimum Gasteiger partial charge on any atom is -0.197 e. The molecule has 0 atom stereocenters. The first-order chi connectivity index (χ1) is 0. The minimum absolute atomic E-state index is 0. The van der Waals surface area contributed by atoms with Crippen molar-refractivity contribution in [1.29, 1.82) is 0 Å². The Labute approximate surface area is 72.0 Å². The first kappa shape index (κ1) is 34.1. The van der Waals surface area contributed by atoms with Gasteiger partial charge in [0.1, 0.15) is 0 Å². The molecule has 0 N–H and O–H groups in total. The van der Waals surface area contributed by atoms with Gasteiger partial charge in [0, 0.05) is 59.2 Å². The van der Waals surface area contributed by atoms with Gasteiger partial charge >= 0.3 is 0 Å². The van der Waals surface area contributed by atoms with E-state index < -0.39 is 0 Å². The molecule has 0 aliphatic carbocycles. The first-order valence-corrected chi connectivity index (χ1v) is 0. The monoisotopic (exact) mass is 273 g/mol. The quantitative estimate of drug-likeness (QED) is 0.534. The summed E-state index contributed by atoms with van der Waals surface area (Å²) < 4.78 is 0. The van der Waals surface area contributed by atoms with Gasteiger partial charge in [-0.25, -0.2) is 0 Å². The molecule has 0 saturated heterocycles. The first-order valence-electron chi connectivity index (χ1n) is 0. The van der Waals surface area contributed by atoms with E-state index >= 15 is 0 Å². The van der Waals surface area contributed by atoms with E-state index in [0.717, 1.165) is 0 Å². The molecular weight excluding hydrogens is 273 g/mol. The second-order valence-corrected chi connectivity index (χ2v) is 0. The Kier molecular flexibility index (Phi) is 160. The average molecular weight is 275 g/mol. The average Bonchev–Trinajstić information content (AvgIpc) is 0. The molecule has 5 radical (unpaired) electrons. The SMILES string of the molecule is S.[Ag].[Cu].[Ga]. The summed E-state index contributed by atoms with van der Waals surface area (Å²) in [6, 6.07) is 0. The summed E-state index contributed by atoms with van der Waals surface area (Å²) in [5, 5.41) is 0. The van der Waals surface area contributed by atoms with Gasteiger partial charge in [0.05, 0.1) is 0 Å². The van der Waals surface area contributed by atoms with Crippen molar-refractivity contribution in [1.82, 2.24) is 0 Å². The zero-order chi connectivity index (χ0) is 0. The van der Waals surface area contributed by atoms with E-state index in [9.17, 15) is 0 Å². The molecular formula is H2AgCuGaS. The summed E-state index contributed by atoms with van der Waals surface area (Å²) in [4.78, 5) is 0. The van der Waals surface area contributed by atoms with Crippen molar-refractivity contribution in [2.75, 3.05) is 0 Å². The Morgan fingerprint density at radius 2 is 1.00 bits per heavy atom. The summed E-state index contributed by atoms with van der Waals surface area (Å²) in [5.74, 6) is 0. The second-order valence-electron chi connectivity index (χ2n) is 0. The maximum absolute atomic E-state index is 0. The van der Waals surface area contributed by atoms with Gasteiger partial charge in [-0.05, 0) is 0 Å². The van der Waals surface area contributed by atoms with Crippen molar-refractivity contribution in [3.8, 4) is 0 Å². The fraction of sp³-hybridized carbons (Fsp3) is 0. The molecule has 4 heteroatoms. The van der Waals surface area contributed by atoms with E-state index in [-0.39, 0.29) is 72.7 Å². The van der Waals surface area contributed by atoms with Gasteiger partial charge in [-0.3, -0.25) is 0 Å². The summed E-state index contributed by atoms with van der Waals surface area (Å²) in [6.07, 6.45) is 0. The molecule has 0 spiro atoms. The maximum atomic E-state index is 0. The van der Waals surface area contributed by atoms with Crippen LogP contribution < -0.4 is 0 Å². The van der Waals surface area contributed by atoms with E-state index in [2.05, 4.69) is 0 Å². The zero-order valence-corrected chi connectivity index (χ0v) is 7.53. The molecule has 4 heavy (non-hydrogen) atoms. The van der Waals surface area contributed by atoms with Crippen molar-refractivity contribution < 1.29 is 39.4 Å². The van der Waals surface area contributed by atoms with E-state index in [4.69, 9.17) is 0 Å². The molecule has 0 amide bonds. The Morgan fingerprint density at radius 1 is 1.00 bits per heavy atom. The van der Waals surface area contributed by atoms with Crippen molar-refractivity contribution in [3.05, 3.63) is 0 Å². The van der Waals surface area contributed by atoms with Crippen LogP contribution in [0, 0.1) is 0 Å². The summed E-state index contributed by atoms with van der Waals surface area (Å²) in [6.45, 7) is 0. The maximum Gasteiger partial charge on any atom is 0 e. The third-order valence-corrected chi connectivity index (χ3v) is 0. The van der Waals surface area contributed by atoms with Crippen LogP contribution in [0.4, 0.5) is 0 Å². The Morgan fingerprint density at radius 3 is 1.00 bits per heavy atom. The predicted molar refractivity (Wildman–Crippen MR) is 16.1 cm³/mol. The normalized spacial score (nSPS) is 0. The Bertz CT molecular complexity index is 8.00. The molecule has 0 aromatic rings. The van der Waals surface area contributed by atoms with Gasteiger partial charge < -0.3 is 0 Å². The van der Waals surface area contributed by atoms with E-state index in [1.807, 2.05) is 0 Å². The van der Waals surface area contributed by atoms with Crippen LogP contribution in [0.15, 0.2) is 0 Å². The largest absolute Gasteiger partial charge is 0.197 e. The summed E-state index contributed by atoms with van der Waals surface area (Å²) in [7, 11) is 0. The summed E-state index contributed by atoms with van der Waals surface area (Å²) in [5.41, 5.74) is 0. The van der Waals surface area contributed by atoms with Gasteiger partial charge in [0.2, 0.25) is 0 Å². The number of hydrogen-bond donors (Lipinski definition) is 0. The van der Waals surface area contributed by atoms with Crippen LogP contribution in [0.2, 0.25) is 0 Å². The number of hydrogen-bond acceptors (Lipinski definition) is 0. The van der Waals surface area contributed by atoms with Gasteiger partial charge in [-0.2, -0.15) is 13.5 Å². The molecule has 0 aliphatic heterocycles. The standard InChI is InChI=1S/Ag.Cu.Ga.H2S/h;;;1H2. The minimum atomic E-state index is 0. The fourth-order valence-corrected chi connectivity index (χ4v) is 0. The van der Waals surface area contributed by atoms with Crippen molar-refractivity contribution in [2.24, 2.45) is 0 Å². The van der Waals surface area contributed by atoms with Crippen LogP contribution in [0.1, 0.15) is 0 Å². The van der Waals surface area contributed by atoms with Crippen molar-refractivity contribution in [3.63, 3.8) is 0 Å². The van der Waals surface area contributed by atoms with E-state index in [1.54, 1.807) is 0 Å². The summed E-state index contributed by atoms with van der Waals surface area (Å²) >= 11 is 0. The second kappa shape index (κ2) is 18.7.